The average molecular weight is 1010 g/mol. The van der Waals surface area contributed by atoms with Gasteiger partial charge in [0.2, 0.25) is 0 Å². The van der Waals surface area contributed by atoms with E-state index in [1.807, 2.05) is 60.7 Å². The van der Waals surface area contributed by atoms with Crippen LogP contribution in [0, 0.1) is 23.7 Å². The number of phenolic OH excluding ortho intramolecular Hbond substituents is 5. The third-order valence-electron chi connectivity index (χ3n) is 13.0. The molecule has 0 aliphatic heterocycles. The highest BCUT2D eigenvalue weighted by atomic mass is 16.5. The predicted molar refractivity (Wildman–Crippen MR) is 299 cm³/mol. The molecule has 6 N–H and O–H groups in total. The molecule has 372 valence electrons. The fourth-order valence-electron chi connectivity index (χ4n) is 9.13. The molecule has 9 nitrogen and oxygen atoms in total. The largest absolute Gasteiger partial charge is 0.508 e. The van der Waals surface area contributed by atoms with E-state index in [9.17, 15) is 40.2 Å². The smallest absolute Gasteiger partial charge is 0.178 e. The summed E-state index contributed by atoms with van der Waals surface area (Å²) in [6.07, 6.45) is 13.0. The van der Waals surface area contributed by atoms with Gasteiger partial charge in [-0.2, -0.15) is 0 Å². The van der Waals surface area contributed by atoms with Crippen LogP contribution in [0.15, 0.2) is 230 Å². The second-order valence-corrected chi connectivity index (χ2v) is 18.0. The Bertz CT molecular complexity index is 3890. The van der Waals surface area contributed by atoms with Crippen molar-refractivity contribution in [2.75, 3.05) is 0 Å². The fourth-order valence-corrected chi connectivity index (χ4v) is 9.13. The van der Waals surface area contributed by atoms with Crippen molar-refractivity contribution >= 4 is 22.7 Å². The van der Waals surface area contributed by atoms with Gasteiger partial charge in [0.1, 0.15) is 41.1 Å². The Balaban J connectivity index is 1.13. The van der Waals surface area contributed by atoms with E-state index in [0.29, 0.717) is 72.5 Å². The van der Waals surface area contributed by atoms with Gasteiger partial charge in [-0.25, -0.2) is 0 Å². The van der Waals surface area contributed by atoms with Crippen molar-refractivity contribution in [2.45, 2.75) is 13.2 Å². The number of hydrogen-bond donors (Lipinski definition) is 6. The standard InChI is InChI=1S/C68H46O9/c69-41-51-19-39-61(45-7-25-55(72)26-8-45)67(63(51)37-5-43-1-21-53(70)22-2-43)66(49-15-33-59(76)34-16-49)50-17-35-60(36-18-50)77-42-52-20-40-62(46-9-27-56(73)28-10-46)68(64(52)38-6-44-3-23-54(71)24-4-44)65(47-11-29-57(74)30-12-47)48-13-31-58(75)32-14-48/h1-4,7-36,39-40,69-74H,41-42H2. The highest BCUT2D eigenvalue weighted by Crippen LogP contribution is 2.43. The number of carbonyl (C=O) groups excluding carboxylic acids is 2. The molecule has 8 aromatic rings. The summed E-state index contributed by atoms with van der Waals surface area (Å²) in [6, 6.07) is 48.7. The van der Waals surface area contributed by atoms with Crippen molar-refractivity contribution < 1.29 is 45.0 Å². The van der Waals surface area contributed by atoms with Crippen LogP contribution in [0.4, 0.5) is 0 Å². The lowest BCUT2D eigenvalue weighted by Gasteiger charge is -2.22. The molecule has 0 atom stereocenters. The van der Waals surface area contributed by atoms with E-state index in [0.717, 1.165) is 33.4 Å². The van der Waals surface area contributed by atoms with Crippen molar-refractivity contribution in [3.05, 3.63) is 285 Å². The van der Waals surface area contributed by atoms with Gasteiger partial charge in [-0.3, -0.25) is 9.59 Å². The summed E-state index contributed by atoms with van der Waals surface area (Å²) < 4.78 is 6.70. The Hall–Kier alpha value is -10.6. The van der Waals surface area contributed by atoms with Crippen LogP contribution in [0.1, 0.15) is 55.6 Å². The zero-order valence-electron chi connectivity index (χ0n) is 41.1. The van der Waals surface area contributed by atoms with Crippen LogP contribution in [0.5, 0.6) is 34.5 Å². The maximum atomic E-state index is 12.6. The molecule has 0 heterocycles. The molecule has 8 aromatic carbocycles. The van der Waals surface area contributed by atoms with Crippen LogP contribution >= 0.6 is 0 Å². The summed E-state index contributed by atoms with van der Waals surface area (Å²) in [7, 11) is 0. The number of aliphatic hydroxyl groups excluding tert-OH is 1. The molecule has 2 aliphatic rings. The summed E-state index contributed by atoms with van der Waals surface area (Å²) in [5.74, 6) is 14.0. The Morgan fingerprint density at radius 3 is 1.13 bits per heavy atom. The molecule has 0 radical (unpaired) electrons. The monoisotopic (exact) mass is 1010 g/mol. The highest BCUT2D eigenvalue weighted by Gasteiger charge is 2.24. The van der Waals surface area contributed by atoms with Crippen molar-refractivity contribution in [2.24, 2.45) is 0 Å². The molecule has 2 aliphatic carbocycles. The number of rotatable bonds is 10. The molecular weight excluding hydrogens is 961 g/mol. The van der Waals surface area contributed by atoms with Gasteiger partial charge in [0.15, 0.2) is 11.6 Å². The van der Waals surface area contributed by atoms with Crippen LogP contribution in [0.3, 0.4) is 0 Å². The zero-order chi connectivity index (χ0) is 53.4. The average Bonchev–Trinajstić information content (AvgIpc) is 3.48. The lowest BCUT2D eigenvalue weighted by Crippen LogP contribution is -2.06. The maximum Gasteiger partial charge on any atom is 0.178 e. The molecule has 0 unspecified atom stereocenters. The van der Waals surface area contributed by atoms with Gasteiger partial charge < -0.3 is 35.4 Å². The van der Waals surface area contributed by atoms with E-state index in [1.54, 1.807) is 133 Å². The van der Waals surface area contributed by atoms with Crippen LogP contribution in [0.2, 0.25) is 0 Å². The molecule has 0 spiro atoms. The van der Waals surface area contributed by atoms with E-state index >= 15 is 0 Å². The lowest BCUT2D eigenvalue weighted by atomic mass is 9.82. The van der Waals surface area contributed by atoms with Gasteiger partial charge in [0.25, 0.3) is 0 Å². The molecule has 0 aromatic heterocycles. The van der Waals surface area contributed by atoms with Gasteiger partial charge in [-0.15, -0.1) is 0 Å². The number of benzene rings is 8. The maximum absolute atomic E-state index is 12.6. The summed E-state index contributed by atoms with van der Waals surface area (Å²) >= 11 is 0. The van der Waals surface area contributed by atoms with Gasteiger partial charge in [-0.1, -0.05) is 121 Å². The van der Waals surface area contributed by atoms with E-state index in [1.165, 1.54) is 24.3 Å². The van der Waals surface area contributed by atoms with E-state index in [2.05, 4.69) is 23.7 Å². The first kappa shape index (κ1) is 50.0. The summed E-state index contributed by atoms with van der Waals surface area (Å²) in [6.45, 7) is -0.298. The number of ether oxygens (including phenoxy) is 1. The fraction of sp³-hybridized carbons (Fsp3) is 0.0294. The number of aromatic hydroxyl groups is 5. The topological polar surface area (TPSA) is 165 Å². The van der Waals surface area contributed by atoms with Crippen LogP contribution in [-0.2, 0) is 22.8 Å². The molecule has 77 heavy (non-hydrogen) atoms. The van der Waals surface area contributed by atoms with Crippen LogP contribution < -0.4 is 4.74 Å². The van der Waals surface area contributed by atoms with Gasteiger partial charge in [0, 0.05) is 38.9 Å². The third-order valence-corrected chi connectivity index (χ3v) is 13.0. The SMILES string of the molecule is O=C1C=CC(=C(c2ccc(OCc3ccc(-c4ccc(O)cc4)c(C(=C4C=CC(=O)C=C4)c4ccc(O)cc4)c3C#Cc3ccc(O)cc3)cc2)c2c(-c3ccc(O)cc3)ccc(CO)c2C#Cc2ccc(O)cc2)C=C1. The minimum Gasteiger partial charge on any atom is -0.508 e. The second-order valence-electron chi connectivity index (χ2n) is 18.0. The zero-order valence-corrected chi connectivity index (χ0v) is 41.1. The number of aliphatic hydroxyl groups is 1. The molecule has 0 bridgehead atoms. The Labute approximate surface area is 444 Å². The van der Waals surface area contributed by atoms with Gasteiger partial charge >= 0.3 is 0 Å². The molecule has 0 saturated carbocycles. The number of allylic oxidation sites excluding steroid dienone is 10. The molecule has 0 amide bonds. The first-order valence-corrected chi connectivity index (χ1v) is 24.4. The normalized spacial score (nSPS) is 12.4. The number of carbonyl (C=O) groups is 2. The van der Waals surface area contributed by atoms with Crippen molar-refractivity contribution in [3.63, 3.8) is 0 Å². The third kappa shape index (κ3) is 11.3. The van der Waals surface area contributed by atoms with Crippen LogP contribution in [0.25, 0.3) is 33.4 Å². The number of phenols is 5. The summed E-state index contributed by atoms with van der Waals surface area (Å²) in [4.78, 5) is 25.2. The summed E-state index contributed by atoms with van der Waals surface area (Å²) in [5, 5.41) is 62.2. The van der Waals surface area contributed by atoms with Gasteiger partial charge in [-0.05, 0) is 183 Å². The number of ketones is 2. The van der Waals surface area contributed by atoms with Crippen LogP contribution in [-0.4, -0.2) is 42.2 Å². The van der Waals surface area contributed by atoms with Crippen molar-refractivity contribution in [3.8, 4) is 80.4 Å². The van der Waals surface area contributed by atoms with Crippen molar-refractivity contribution in [1.82, 2.24) is 0 Å². The first-order valence-electron chi connectivity index (χ1n) is 24.4. The Morgan fingerprint density at radius 2 is 0.727 bits per heavy atom. The number of hydrogen-bond acceptors (Lipinski definition) is 9. The van der Waals surface area contributed by atoms with E-state index < -0.39 is 0 Å². The summed E-state index contributed by atoms with van der Waals surface area (Å²) in [5.41, 5.74) is 12.4. The molecule has 0 fully saturated rings. The second kappa shape index (κ2) is 22.3. The van der Waals surface area contributed by atoms with E-state index in [4.69, 9.17) is 4.74 Å². The lowest BCUT2D eigenvalue weighted by molar-refractivity contribution is -0.111. The predicted octanol–water partition coefficient (Wildman–Crippen LogP) is 12.4. The molecule has 0 saturated heterocycles. The first-order chi connectivity index (χ1) is 37.5. The molecule has 9 heteroatoms. The van der Waals surface area contributed by atoms with Crippen molar-refractivity contribution in [1.29, 1.82) is 0 Å². The minimum atomic E-state index is -0.332. The highest BCUT2D eigenvalue weighted by molar-refractivity contribution is 6.05. The molecular formula is C68H46O9. The Morgan fingerprint density at radius 1 is 0.377 bits per heavy atom. The quantitative estimate of drug-likeness (QED) is 0.0732. The Kier molecular flexibility index (Phi) is 14.5. The van der Waals surface area contributed by atoms with Gasteiger partial charge in [0.05, 0.1) is 6.61 Å². The minimum absolute atomic E-state index is 0.0340. The molecule has 10 rings (SSSR count). The van der Waals surface area contributed by atoms with E-state index in [-0.39, 0.29) is 53.5 Å².